The van der Waals surface area contributed by atoms with Crippen LogP contribution in [0.3, 0.4) is 0 Å². The quantitative estimate of drug-likeness (QED) is 0.797. The standard InChI is InChI=1S/C13H17FO2/c14-7-2-8-16-11-6-5-10-3-1-4-13(15)12(10)9-11/h5-6,9,13,15H,1-4,7-8H2/t13-/m1/s1. The predicted molar refractivity (Wildman–Crippen MR) is 60.4 cm³/mol. The number of aliphatic hydroxyl groups is 1. The molecule has 0 unspecified atom stereocenters. The normalized spacial score (nSPS) is 19.2. The molecule has 1 aromatic carbocycles. The van der Waals surface area contributed by atoms with E-state index in [1.807, 2.05) is 18.2 Å². The average Bonchev–Trinajstić information content (AvgIpc) is 2.30. The second-order valence-electron chi connectivity index (χ2n) is 4.16. The number of benzene rings is 1. The summed E-state index contributed by atoms with van der Waals surface area (Å²) in [4.78, 5) is 0. The summed E-state index contributed by atoms with van der Waals surface area (Å²) in [5, 5.41) is 9.84. The van der Waals surface area contributed by atoms with Gasteiger partial charge in [0.1, 0.15) is 5.75 Å². The van der Waals surface area contributed by atoms with Crippen LogP contribution in [-0.4, -0.2) is 18.4 Å². The molecule has 1 aliphatic rings. The minimum absolute atomic E-state index is 0.354. The first kappa shape index (κ1) is 11.4. The van der Waals surface area contributed by atoms with E-state index in [2.05, 4.69) is 0 Å². The van der Waals surface area contributed by atoms with Crippen LogP contribution in [-0.2, 0) is 6.42 Å². The van der Waals surface area contributed by atoms with E-state index < -0.39 is 0 Å². The molecule has 1 atom stereocenters. The van der Waals surface area contributed by atoms with Gasteiger partial charge in [-0.2, -0.15) is 0 Å². The van der Waals surface area contributed by atoms with Gasteiger partial charge in [0.15, 0.2) is 0 Å². The summed E-state index contributed by atoms with van der Waals surface area (Å²) in [7, 11) is 0. The van der Waals surface area contributed by atoms with Gasteiger partial charge in [0.2, 0.25) is 0 Å². The van der Waals surface area contributed by atoms with Crippen LogP contribution in [0.5, 0.6) is 5.75 Å². The van der Waals surface area contributed by atoms with E-state index in [1.165, 1.54) is 5.56 Å². The number of ether oxygens (including phenoxy) is 1. The third kappa shape index (κ3) is 2.53. The zero-order chi connectivity index (χ0) is 11.4. The van der Waals surface area contributed by atoms with Crippen LogP contribution in [0, 0.1) is 0 Å². The maximum Gasteiger partial charge on any atom is 0.119 e. The smallest absolute Gasteiger partial charge is 0.119 e. The van der Waals surface area contributed by atoms with Crippen LogP contribution < -0.4 is 4.74 Å². The van der Waals surface area contributed by atoms with E-state index in [4.69, 9.17) is 4.74 Å². The van der Waals surface area contributed by atoms with Crippen LogP contribution in [0.1, 0.15) is 36.5 Å². The highest BCUT2D eigenvalue weighted by molar-refractivity contribution is 5.38. The largest absolute Gasteiger partial charge is 0.493 e. The fourth-order valence-corrected chi connectivity index (χ4v) is 2.09. The third-order valence-corrected chi connectivity index (χ3v) is 2.95. The molecule has 0 fully saturated rings. The molecule has 0 spiro atoms. The number of alkyl halides is 1. The van der Waals surface area contributed by atoms with Crippen LogP contribution in [0.4, 0.5) is 4.39 Å². The Morgan fingerprint density at radius 2 is 2.31 bits per heavy atom. The predicted octanol–water partition coefficient (Wildman–Crippen LogP) is 2.79. The molecule has 0 saturated heterocycles. The van der Waals surface area contributed by atoms with Crippen molar-refractivity contribution in [1.29, 1.82) is 0 Å². The van der Waals surface area contributed by atoms with Crippen molar-refractivity contribution in [2.24, 2.45) is 0 Å². The number of halogens is 1. The Labute approximate surface area is 95.1 Å². The third-order valence-electron chi connectivity index (χ3n) is 2.95. The van der Waals surface area contributed by atoms with Crippen LogP contribution in [0.15, 0.2) is 18.2 Å². The van der Waals surface area contributed by atoms with Gasteiger partial charge in [-0.1, -0.05) is 6.07 Å². The molecule has 0 aromatic heterocycles. The summed E-state index contributed by atoms with van der Waals surface area (Å²) in [5.41, 5.74) is 2.18. The van der Waals surface area contributed by atoms with Gasteiger partial charge in [-0.25, -0.2) is 0 Å². The first-order valence-electron chi connectivity index (χ1n) is 5.81. The van der Waals surface area contributed by atoms with Gasteiger partial charge in [0.05, 0.1) is 19.4 Å². The van der Waals surface area contributed by atoms with Crippen molar-refractivity contribution in [3.8, 4) is 5.75 Å². The van der Waals surface area contributed by atoms with Crippen LogP contribution >= 0.6 is 0 Å². The lowest BCUT2D eigenvalue weighted by Crippen LogP contribution is -2.09. The highest BCUT2D eigenvalue weighted by Gasteiger charge is 2.18. The van der Waals surface area contributed by atoms with Crippen LogP contribution in [0.25, 0.3) is 0 Å². The molecule has 0 amide bonds. The lowest BCUT2D eigenvalue weighted by Gasteiger charge is -2.21. The van der Waals surface area contributed by atoms with E-state index in [-0.39, 0.29) is 12.8 Å². The number of hydrogen-bond acceptors (Lipinski definition) is 2. The number of fused-ring (bicyclic) bond motifs is 1. The number of aryl methyl sites for hydroxylation is 1. The van der Waals surface area contributed by atoms with Gasteiger partial charge in [-0.15, -0.1) is 0 Å². The molecule has 0 saturated carbocycles. The number of aliphatic hydroxyl groups excluding tert-OH is 1. The van der Waals surface area contributed by atoms with Crippen LogP contribution in [0.2, 0.25) is 0 Å². The summed E-state index contributed by atoms with van der Waals surface area (Å²) in [5.74, 6) is 0.730. The van der Waals surface area contributed by atoms with Crippen molar-refractivity contribution in [1.82, 2.24) is 0 Å². The van der Waals surface area contributed by atoms with E-state index in [0.29, 0.717) is 13.0 Å². The minimum Gasteiger partial charge on any atom is -0.493 e. The lowest BCUT2D eigenvalue weighted by atomic mass is 9.89. The van der Waals surface area contributed by atoms with Gasteiger partial charge in [0, 0.05) is 6.42 Å². The highest BCUT2D eigenvalue weighted by Crippen LogP contribution is 2.32. The molecule has 1 aromatic rings. The number of hydrogen-bond donors (Lipinski definition) is 1. The fourth-order valence-electron chi connectivity index (χ4n) is 2.09. The molecule has 2 rings (SSSR count). The Bertz CT molecular complexity index is 352. The molecular weight excluding hydrogens is 207 g/mol. The van der Waals surface area contributed by atoms with Crippen molar-refractivity contribution >= 4 is 0 Å². The van der Waals surface area contributed by atoms with E-state index >= 15 is 0 Å². The summed E-state index contributed by atoms with van der Waals surface area (Å²) in [6.07, 6.45) is 2.93. The monoisotopic (exact) mass is 224 g/mol. The second-order valence-corrected chi connectivity index (χ2v) is 4.16. The molecule has 0 radical (unpaired) electrons. The molecule has 1 N–H and O–H groups in total. The van der Waals surface area contributed by atoms with Crippen molar-refractivity contribution in [2.45, 2.75) is 31.8 Å². The first-order valence-corrected chi connectivity index (χ1v) is 5.81. The Kier molecular flexibility index (Phi) is 3.78. The molecule has 88 valence electrons. The molecule has 3 heteroatoms. The lowest BCUT2D eigenvalue weighted by molar-refractivity contribution is 0.156. The van der Waals surface area contributed by atoms with E-state index in [9.17, 15) is 9.50 Å². The Balaban J connectivity index is 2.08. The molecule has 0 bridgehead atoms. The SMILES string of the molecule is O[C@@H]1CCCc2ccc(OCCCF)cc21. The summed E-state index contributed by atoms with van der Waals surface area (Å²) in [6, 6.07) is 5.79. The van der Waals surface area contributed by atoms with Crippen molar-refractivity contribution in [2.75, 3.05) is 13.3 Å². The Morgan fingerprint density at radius 3 is 3.12 bits per heavy atom. The highest BCUT2D eigenvalue weighted by atomic mass is 19.1. The van der Waals surface area contributed by atoms with E-state index in [1.54, 1.807) is 0 Å². The summed E-state index contributed by atoms with van der Waals surface area (Å²) in [6.45, 7) is 0.0406. The molecule has 16 heavy (non-hydrogen) atoms. The van der Waals surface area contributed by atoms with Crippen molar-refractivity contribution in [3.05, 3.63) is 29.3 Å². The number of rotatable bonds is 4. The Morgan fingerprint density at radius 1 is 1.44 bits per heavy atom. The van der Waals surface area contributed by atoms with Gasteiger partial charge in [-0.3, -0.25) is 4.39 Å². The summed E-state index contributed by atoms with van der Waals surface area (Å²) >= 11 is 0. The van der Waals surface area contributed by atoms with Gasteiger partial charge >= 0.3 is 0 Å². The Hall–Kier alpha value is -1.09. The maximum atomic E-state index is 11.9. The fraction of sp³-hybridized carbons (Fsp3) is 0.538. The first-order chi connectivity index (χ1) is 7.81. The average molecular weight is 224 g/mol. The van der Waals surface area contributed by atoms with Gasteiger partial charge in [0.25, 0.3) is 0 Å². The maximum absolute atomic E-state index is 11.9. The topological polar surface area (TPSA) is 29.5 Å². The second kappa shape index (κ2) is 5.30. The molecule has 0 aliphatic heterocycles. The minimum atomic E-state index is -0.367. The zero-order valence-electron chi connectivity index (χ0n) is 9.29. The summed E-state index contributed by atoms with van der Waals surface area (Å²) < 4.78 is 17.3. The van der Waals surface area contributed by atoms with Gasteiger partial charge < -0.3 is 9.84 Å². The molecular formula is C13H17FO2. The van der Waals surface area contributed by atoms with Crippen molar-refractivity contribution in [3.63, 3.8) is 0 Å². The van der Waals surface area contributed by atoms with Crippen molar-refractivity contribution < 1.29 is 14.2 Å². The van der Waals surface area contributed by atoms with E-state index in [0.717, 1.165) is 30.6 Å². The van der Waals surface area contributed by atoms with Gasteiger partial charge in [-0.05, 0) is 42.5 Å². The molecule has 2 nitrogen and oxygen atoms in total. The zero-order valence-corrected chi connectivity index (χ0v) is 9.29. The molecule has 1 aliphatic carbocycles. The molecule has 0 heterocycles.